The van der Waals surface area contributed by atoms with Gasteiger partial charge in [-0.05, 0) is 27.7 Å². The van der Waals surface area contributed by atoms with E-state index in [4.69, 9.17) is 0 Å². The number of thiazole rings is 1. The molecule has 0 N–H and O–H groups in total. The number of nitrogens with zero attached hydrogens (tertiary/aromatic N) is 2. The number of Topliss-reactive ketones (excluding diaryl/α,β-unsaturated/α-hetero) is 1. The average Bonchev–Trinajstić information content (AvgIpc) is 2.44. The average molecular weight is 254 g/mol. The summed E-state index contributed by atoms with van der Waals surface area (Å²) in [5.41, 5.74) is 0.840. The monoisotopic (exact) mass is 254 g/mol. The first-order chi connectivity index (χ1) is 7.82. The molecule has 0 spiro atoms. The minimum absolute atomic E-state index is 0.0249. The van der Waals surface area contributed by atoms with Gasteiger partial charge in [-0.1, -0.05) is 0 Å². The molecule has 0 radical (unpaired) electrons. The minimum Gasteiger partial charge on any atom is -0.300 e. The third-order valence-corrected chi connectivity index (χ3v) is 3.51. The summed E-state index contributed by atoms with van der Waals surface area (Å²) >= 11 is 1.43. The van der Waals surface area contributed by atoms with Crippen LogP contribution in [-0.4, -0.2) is 22.7 Å². The Labute approximate surface area is 106 Å². The van der Waals surface area contributed by atoms with Crippen LogP contribution in [-0.2, 0) is 16.0 Å². The van der Waals surface area contributed by atoms with Crippen LogP contribution in [0.4, 0.5) is 5.13 Å². The Morgan fingerprint density at radius 2 is 1.94 bits per heavy atom. The number of carbonyl (C=O) groups is 2. The van der Waals surface area contributed by atoms with Crippen LogP contribution in [0.25, 0.3) is 0 Å². The second-order valence-electron chi connectivity index (χ2n) is 4.37. The summed E-state index contributed by atoms with van der Waals surface area (Å²) in [6.07, 6.45) is 0.396. The summed E-state index contributed by atoms with van der Waals surface area (Å²) in [5.74, 6) is 0.0883. The molecule has 0 fully saturated rings. The maximum absolute atomic E-state index is 11.6. The summed E-state index contributed by atoms with van der Waals surface area (Å²) in [5, 5.41) is 0.682. The first-order valence-corrected chi connectivity index (χ1v) is 6.40. The van der Waals surface area contributed by atoms with Crippen molar-refractivity contribution in [3.63, 3.8) is 0 Å². The van der Waals surface area contributed by atoms with Crippen molar-refractivity contribution in [1.29, 1.82) is 0 Å². The van der Waals surface area contributed by atoms with Crippen molar-refractivity contribution in [2.24, 2.45) is 0 Å². The highest BCUT2D eigenvalue weighted by molar-refractivity contribution is 7.16. The molecule has 17 heavy (non-hydrogen) atoms. The van der Waals surface area contributed by atoms with Gasteiger partial charge in [-0.15, -0.1) is 11.3 Å². The van der Waals surface area contributed by atoms with E-state index in [1.807, 2.05) is 20.8 Å². The molecule has 94 valence electrons. The topological polar surface area (TPSA) is 50.3 Å². The molecule has 1 aromatic rings. The maximum atomic E-state index is 11.6. The van der Waals surface area contributed by atoms with Gasteiger partial charge in [0.15, 0.2) is 5.13 Å². The van der Waals surface area contributed by atoms with E-state index in [2.05, 4.69) is 4.98 Å². The predicted octanol–water partition coefficient (Wildman–Crippen LogP) is 2.34. The van der Waals surface area contributed by atoms with Crippen molar-refractivity contribution in [1.82, 2.24) is 4.98 Å². The molecule has 1 amide bonds. The Morgan fingerprint density at radius 3 is 2.35 bits per heavy atom. The highest BCUT2D eigenvalue weighted by Crippen LogP contribution is 2.28. The molecule has 0 saturated heterocycles. The fourth-order valence-corrected chi connectivity index (χ4v) is 2.93. The molecule has 0 unspecified atom stereocenters. The fourth-order valence-electron chi connectivity index (χ4n) is 1.63. The molecular formula is C12H18N2O2S. The summed E-state index contributed by atoms with van der Waals surface area (Å²) in [7, 11) is 0. The van der Waals surface area contributed by atoms with Crippen LogP contribution in [0.5, 0.6) is 0 Å². The first kappa shape index (κ1) is 13.8. The van der Waals surface area contributed by atoms with Crippen LogP contribution in [0.1, 0.15) is 38.3 Å². The van der Waals surface area contributed by atoms with E-state index in [1.165, 1.54) is 18.3 Å². The van der Waals surface area contributed by atoms with Crippen LogP contribution < -0.4 is 4.90 Å². The Morgan fingerprint density at radius 1 is 1.35 bits per heavy atom. The Hall–Kier alpha value is -1.23. The highest BCUT2D eigenvalue weighted by atomic mass is 32.1. The van der Waals surface area contributed by atoms with Gasteiger partial charge < -0.3 is 0 Å². The summed E-state index contributed by atoms with van der Waals surface area (Å²) < 4.78 is 0. The summed E-state index contributed by atoms with van der Waals surface area (Å²) in [6.45, 7) is 8.86. The third-order valence-electron chi connectivity index (χ3n) is 2.35. The van der Waals surface area contributed by atoms with Crippen molar-refractivity contribution in [2.75, 3.05) is 4.90 Å². The predicted molar refractivity (Wildman–Crippen MR) is 69.5 cm³/mol. The summed E-state index contributed by atoms with van der Waals surface area (Å²) in [6, 6.07) is 0.0724. The molecule has 0 aliphatic heterocycles. The van der Waals surface area contributed by atoms with Crippen molar-refractivity contribution >= 4 is 28.2 Å². The maximum Gasteiger partial charge on any atom is 0.225 e. The number of hydrogen-bond acceptors (Lipinski definition) is 4. The molecule has 0 aliphatic carbocycles. The number of rotatable bonds is 4. The van der Waals surface area contributed by atoms with Gasteiger partial charge in [0.05, 0.1) is 5.69 Å². The van der Waals surface area contributed by atoms with Gasteiger partial charge in [-0.3, -0.25) is 14.5 Å². The van der Waals surface area contributed by atoms with E-state index < -0.39 is 0 Å². The number of hydrogen-bond donors (Lipinski definition) is 0. The van der Waals surface area contributed by atoms with Crippen molar-refractivity contribution in [3.05, 3.63) is 10.6 Å². The Balaban J connectivity index is 3.06. The molecule has 0 aliphatic rings. The Bertz CT molecular complexity index is 438. The highest BCUT2D eigenvalue weighted by Gasteiger charge is 2.20. The lowest BCUT2D eigenvalue weighted by Gasteiger charge is -2.21. The van der Waals surface area contributed by atoms with Gasteiger partial charge in [0.1, 0.15) is 5.78 Å². The first-order valence-electron chi connectivity index (χ1n) is 5.58. The van der Waals surface area contributed by atoms with Crippen molar-refractivity contribution in [3.8, 4) is 0 Å². The van der Waals surface area contributed by atoms with Gasteiger partial charge in [0.2, 0.25) is 5.91 Å². The molecule has 0 aromatic carbocycles. The smallest absolute Gasteiger partial charge is 0.225 e. The molecule has 1 rings (SSSR count). The summed E-state index contributed by atoms with van der Waals surface area (Å²) in [4.78, 5) is 29.6. The van der Waals surface area contributed by atoms with E-state index in [9.17, 15) is 9.59 Å². The zero-order valence-electron chi connectivity index (χ0n) is 10.9. The van der Waals surface area contributed by atoms with Crippen LogP contribution in [0.3, 0.4) is 0 Å². The number of ketones is 1. The lowest BCUT2D eigenvalue weighted by Crippen LogP contribution is -2.34. The van der Waals surface area contributed by atoms with Gasteiger partial charge >= 0.3 is 0 Å². The Kier molecular flexibility index (Phi) is 4.40. The lowest BCUT2D eigenvalue weighted by molar-refractivity contribution is -0.117. The second kappa shape index (κ2) is 5.40. The van der Waals surface area contributed by atoms with Gasteiger partial charge in [0.25, 0.3) is 0 Å². The van der Waals surface area contributed by atoms with Gasteiger partial charge in [-0.25, -0.2) is 4.98 Å². The van der Waals surface area contributed by atoms with Crippen LogP contribution >= 0.6 is 11.3 Å². The standard InChI is InChI=1S/C12H18N2O2S/c1-7(2)14(10(5)16)12-13-9(4)11(17-12)6-8(3)15/h7H,6H2,1-5H3. The molecule has 0 saturated carbocycles. The van der Waals surface area contributed by atoms with E-state index >= 15 is 0 Å². The van der Waals surface area contributed by atoms with E-state index in [1.54, 1.807) is 11.8 Å². The molecule has 1 heterocycles. The van der Waals surface area contributed by atoms with Crippen LogP contribution in [0.2, 0.25) is 0 Å². The quantitative estimate of drug-likeness (QED) is 0.828. The number of aromatic nitrogens is 1. The SMILES string of the molecule is CC(=O)Cc1sc(N(C(C)=O)C(C)C)nc1C. The van der Waals surface area contributed by atoms with Crippen LogP contribution in [0, 0.1) is 6.92 Å². The molecule has 0 bridgehead atoms. The van der Waals surface area contributed by atoms with Crippen LogP contribution in [0.15, 0.2) is 0 Å². The zero-order valence-corrected chi connectivity index (χ0v) is 11.7. The second-order valence-corrected chi connectivity index (χ2v) is 5.43. The molecular weight excluding hydrogens is 236 g/mol. The van der Waals surface area contributed by atoms with E-state index in [0.717, 1.165) is 10.6 Å². The zero-order chi connectivity index (χ0) is 13.2. The fraction of sp³-hybridized carbons (Fsp3) is 0.583. The van der Waals surface area contributed by atoms with Crippen molar-refractivity contribution < 1.29 is 9.59 Å². The normalized spacial score (nSPS) is 10.7. The van der Waals surface area contributed by atoms with E-state index in [0.29, 0.717) is 11.6 Å². The van der Waals surface area contributed by atoms with Gasteiger partial charge in [-0.2, -0.15) is 0 Å². The molecule has 1 aromatic heterocycles. The number of carbonyl (C=O) groups excluding carboxylic acids is 2. The van der Waals surface area contributed by atoms with Crippen molar-refractivity contribution in [2.45, 2.75) is 47.1 Å². The number of amides is 1. The van der Waals surface area contributed by atoms with E-state index in [-0.39, 0.29) is 17.7 Å². The minimum atomic E-state index is -0.0249. The largest absolute Gasteiger partial charge is 0.300 e. The lowest BCUT2D eigenvalue weighted by atomic mass is 10.2. The molecule has 5 heteroatoms. The molecule has 0 atom stereocenters. The third kappa shape index (κ3) is 3.36. The molecule has 4 nitrogen and oxygen atoms in total. The number of anilines is 1. The van der Waals surface area contributed by atoms with Gasteiger partial charge in [0, 0.05) is 24.3 Å². The number of aryl methyl sites for hydroxylation is 1.